The van der Waals surface area contributed by atoms with Crippen molar-refractivity contribution in [1.29, 1.82) is 0 Å². The van der Waals surface area contributed by atoms with E-state index in [1.165, 1.54) is 0 Å². The molecule has 0 saturated carbocycles. The Hall–Kier alpha value is -1.85. The monoisotopic (exact) mass is 293 g/mol. The Morgan fingerprint density at radius 1 is 1.40 bits per heavy atom. The number of benzene rings is 1. The molecule has 0 unspecified atom stereocenters. The van der Waals surface area contributed by atoms with Crippen molar-refractivity contribution < 1.29 is 9.53 Å². The van der Waals surface area contributed by atoms with Gasteiger partial charge in [-0.25, -0.2) is 0 Å². The van der Waals surface area contributed by atoms with Gasteiger partial charge in [-0.15, -0.1) is 0 Å². The van der Waals surface area contributed by atoms with Crippen LogP contribution in [-0.4, -0.2) is 29.4 Å². The average molecular weight is 294 g/mol. The summed E-state index contributed by atoms with van der Waals surface area (Å²) in [6, 6.07) is 7.57. The molecule has 1 amide bonds. The highest BCUT2D eigenvalue weighted by Crippen LogP contribution is 2.12. The number of anilines is 1. The molecule has 106 valence electrons. The van der Waals surface area contributed by atoms with Gasteiger partial charge in [0.2, 0.25) is 5.91 Å². The largest absolute Gasteiger partial charge is 0.384 e. The van der Waals surface area contributed by atoms with Gasteiger partial charge < -0.3 is 10.1 Å². The number of hydrogen-bond donors (Lipinski definition) is 1. The molecular weight excluding hydrogens is 278 g/mol. The molecule has 0 aliphatic carbocycles. The SMILES string of the molecule is COCCC(=O)Nc1cnn(Cc2ccc(Cl)cc2)c1. The molecule has 0 saturated heterocycles. The number of halogens is 1. The summed E-state index contributed by atoms with van der Waals surface area (Å²) >= 11 is 5.84. The van der Waals surface area contributed by atoms with E-state index in [-0.39, 0.29) is 5.91 Å². The number of carbonyl (C=O) groups excluding carboxylic acids is 1. The standard InChI is InChI=1S/C14H16ClN3O2/c1-20-7-6-14(19)17-13-8-16-18(10-13)9-11-2-4-12(15)5-3-11/h2-5,8,10H,6-7,9H2,1H3,(H,17,19). The molecule has 2 rings (SSSR count). The van der Waals surface area contributed by atoms with Gasteiger partial charge in [-0.2, -0.15) is 5.10 Å². The number of amides is 1. The van der Waals surface area contributed by atoms with Gasteiger partial charge in [0.15, 0.2) is 0 Å². The fourth-order valence-electron chi connectivity index (χ4n) is 1.71. The Labute approximate surface area is 122 Å². The first kappa shape index (κ1) is 14.6. The third kappa shape index (κ3) is 4.36. The minimum absolute atomic E-state index is 0.0853. The Balaban J connectivity index is 1.91. The number of nitrogens with zero attached hydrogens (tertiary/aromatic N) is 2. The van der Waals surface area contributed by atoms with E-state index in [2.05, 4.69) is 10.4 Å². The van der Waals surface area contributed by atoms with Crippen molar-refractivity contribution in [1.82, 2.24) is 9.78 Å². The van der Waals surface area contributed by atoms with Crippen LogP contribution < -0.4 is 5.32 Å². The van der Waals surface area contributed by atoms with Gasteiger partial charge in [-0.05, 0) is 17.7 Å². The second-order valence-electron chi connectivity index (χ2n) is 4.34. The molecule has 1 aromatic heterocycles. The smallest absolute Gasteiger partial charge is 0.226 e. The molecule has 0 fully saturated rings. The Morgan fingerprint density at radius 3 is 2.85 bits per heavy atom. The van der Waals surface area contributed by atoms with Gasteiger partial charge >= 0.3 is 0 Å². The van der Waals surface area contributed by atoms with E-state index in [4.69, 9.17) is 16.3 Å². The zero-order chi connectivity index (χ0) is 14.4. The highest BCUT2D eigenvalue weighted by molar-refractivity contribution is 6.30. The molecule has 1 aromatic carbocycles. The molecule has 20 heavy (non-hydrogen) atoms. The summed E-state index contributed by atoms with van der Waals surface area (Å²) in [5.41, 5.74) is 1.77. The molecule has 6 heteroatoms. The van der Waals surface area contributed by atoms with Crippen molar-refractivity contribution in [3.05, 3.63) is 47.2 Å². The van der Waals surface area contributed by atoms with Gasteiger partial charge in [-0.3, -0.25) is 9.48 Å². The van der Waals surface area contributed by atoms with Crippen molar-refractivity contribution >= 4 is 23.2 Å². The number of hydrogen-bond acceptors (Lipinski definition) is 3. The highest BCUT2D eigenvalue weighted by atomic mass is 35.5. The molecule has 0 aliphatic heterocycles. The molecule has 0 spiro atoms. The third-order valence-corrected chi connectivity index (χ3v) is 2.96. The van der Waals surface area contributed by atoms with Crippen LogP contribution in [0.2, 0.25) is 5.02 Å². The molecule has 5 nitrogen and oxygen atoms in total. The molecule has 1 heterocycles. The second kappa shape index (κ2) is 7.07. The van der Waals surface area contributed by atoms with E-state index < -0.39 is 0 Å². The fraction of sp³-hybridized carbons (Fsp3) is 0.286. The summed E-state index contributed by atoms with van der Waals surface area (Å²) in [6.45, 7) is 1.04. The number of aromatic nitrogens is 2. The van der Waals surface area contributed by atoms with E-state index in [0.717, 1.165) is 5.56 Å². The maximum atomic E-state index is 11.5. The molecule has 1 N–H and O–H groups in total. The highest BCUT2D eigenvalue weighted by Gasteiger charge is 2.04. The first-order valence-electron chi connectivity index (χ1n) is 6.23. The number of methoxy groups -OCH3 is 1. The minimum Gasteiger partial charge on any atom is -0.384 e. The summed E-state index contributed by atoms with van der Waals surface area (Å²) in [7, 11) is 1.57. The van der Waals surface area contributed by atoms with Crippen LogP contribution in [0.4, 0.5) is 5.69 Å². The zero-order valence-corrected chi connectivity index (χ0v) is 11.9. The lowest BCUT2D eigenvalue weighted by Crippen LogP contribution is -2.13. The predicted octanol–water partition coefficient (Wildman–Crippen LogP) is 2.56. The summed E-state index contributed by atoms with van der Waals surface area (Å²) in [5, 5.41) is 7.68. The summed E-state index contributed by atoms with van der Waals surface area (Å²) in [4.78, 5) is 11.5. The van der Waals surface area contributed by atoms with E-state index in [1.54, 1.807) is 24.2 Å². The minimum atomic E-state index is -0.0853. The second-order valence-corrected chi connectivity index (χ2v) is 4.78. The first-order valence-corrected chi connectivity index (χ1v) is 6.61. The van der Waals surface area contributed by atoms with Crippen LogP contribution in [0.25, 0.3) is 0 Å². The van der Waals surface area contributed by atoms with E-state index >= 15 is 0 Å². The maximum Gasteiger partial charge on any atom is 0.226 e. The predicted molar refractivity (Wildman–Crippen MR) is 77.9 cm³/mol. The van der Waals surface area contributed by atoms with Crippen molar-refractivity contribution in [2.24, 2.45) is 0 Å². The van der Waals surface area contributed by atoms with Crippen LogP contribution in [0.5, 0.6) is 0 Å². The summed E-state index contributed by atoms with van der Waals surface area (Å²) in [5.74, 6) is -0.0853. The van der Waals surface area contributed by atoms with Gasteiger partial charge in [0.1, 0.15) is 0 Å². The summed E-state index contributed by atoms with van der Waals surface area (Å²) in [6.07, 6.45) is 3.75. The van der Waals surface area contributed by atoms with Crippen LogP contribution in [0, 0.1) is 0 Å². The molecule has 0 bridgehead atoms. The summed E-state index contributed by atoms with van der Waals surface area (Å²) < 4.78 is 6.61. The molecule has 0 atom stereocenters. The maximum absolute atomic E-state index is 11.5. The molecule has 0 aliphatic rings. The van der Waals surface area contributed by atoms with Crippen LogP contribution >= 0.6 is 11.6 Å². The van der Waals surface area contributed by atoms with E-state index in [9.17, 15) is 4.79 Å². The Morgan fingerprint density at radius 2 is 2.15 bits per heavy atom. The lowest BCUT2D eigenvalue weighted by Gasteiger charge is -2.02. The zero-order valence-electron chi connectivity index (χ0n) is 11.2. The van der Waals surface area contributed by atoms with Crippen LogP contribution in [0.15, 0.2) is 36.7 Å². The van der Waals surface area contributed by atoms with Crippen molar-refractivity contribution in [2.45, 2.75) is 13.0 Å². The lowest BCUT2D eigenvalue weighted by atomic mass is 10.2. The van der Waals surface area contributed by atoms with Gasteiger partial charge in [0.05, 0.1) is 31.5 Å². The third-order valence-electron chi connectivity index (χ3n) is 2.71. The van der Waals surface area contributed by atoms with Gasteiger partial charge in [-0.1, -0.05) is 23.7 Å². The van der Waals surface area contributed by atoms with Crippen molar-refractivity contribution in [2.75, 3.05) is 19.0 Å². The Kier molecular flexibility index (Phi) is 5.15. The quantitative estimate of drug-likeness (QED) is 0.890. The topological polar surface area (TPSA) is 56.1 Å². The fourth-order valence-corrected chi connectivity index (χ4v) is 1.84. The van der Waals surface area contributed by atoms with Crippen molar-refractivity contribution in [3.8, 4) is 0 Å². The van der Waals surface area contributed by atoms with Crippen LogP contribution in [0.3, 0.4) is 0 Å². The van der Waals surface area contributed by atoms with Gasteiger partial charge in [0, 0.05) is 18.3 Å². The molecule has 2 aromatic rings. The number of carbonyl (C=O) groups is 1. The van der Waals surface area contributed by atoms with E-state index in [0.29, 0.717) is 30.3 Å². The van der Waals surface area contributed by atoms with E-state index in [1.807, 2.05) is 24.3 Å². The van der Waals surface area contributed by atoms with Crippen LogP contribution in [-0.2, 0) is 16.1 Å². The van der Waals surface area contributed by atoms with Crippen LogP contribution in [0.1, 0.15) is 12.0 Å². The molecular formula is C14H16ClN3O2. The molecule has 0 radical (unpaired) electrons. The lowest BCUT2D eigenvalue weighted by molar-refractivity contribution is -0.117. The van der Waals surface area contributed by atoms with Crippen molar-refractivity contribution in [3.63, 3.8) is 0 Å². The normalized spacial score (nSPS) is 10.5. The number of ether oxygens (including phenoxy) is 1. The van der Waals surface area contributed by atoms with Gasteiger partial charge in [0.25, 0.3) is 0 Å². The Bertz CT molecular complexity index is 566. The number of nitrogens with one attached hydrogen (secondary N) is 1. The number of rotatable bonds is 6. The first-order chi connectivity index (χ1) is 9.67. The average Bonchev–Trinajstić information content (AvgIpc) is 2.86.